The number of hydrogen-bond donors (Lipinski definition) is 1. The van der Waals surface area contributed by atoms with Crippen LogP contribution in [0.15, 0.2) is 18.2 Å². The van der Waals surface area contributed by atoms with Crippen LogP contribution in [0.25, 0.3) is 0 Å². The summed E-state index contributed by atoms with van der Waals surface area (Å²) < 4.78 is 6.42. The van der Waals surface area contributed by atoms with E-state index in [1.165, 1.54) is 0 Å². The van der Waals surface area contributed by atoms with Crippen molar-refractivity contribution in [1.82, 2.24) is 5.32 Å². The van der Waals surface area contributed by atoms with Gasteiger partial charge in [-0.3, -0.25) is 4.79 Å². The normalized spacial score (nSPS) is 23.7. The number of carbonyl (C=O) groups excluding carboxylic acids is 1. The molecule has 0 aromatic heterocycles. The van der Waals surface area contributed by atoms with E-state index in [0.29, 0.717) is 5.92 Å². The zero-order chi connectivity index (χ0) is 13.1. The van der Waals surface area contributed by atoms with E-state index < -0.39 is 0 Å². The van der Waals surface area contributed by atoms with Gasteiger partial charge in [-0.25, -0.2) is 0 Å². The van der Waals surface area contributed by atoms with E-state index >= 15 is 0 Å². The van der Waals surface area contributed by atoms with Crippen LogP contribution in [-0.2, 0) is 4.74 Å². The molecule has 18 heavy (non-hydrogen) atoms. The van der Waals surface area contributed by atoms with Gasteiger partial charge in [-0.15, -0.1) is 0 Å². The van der Waals surface area contributed by atoms with Gasteiger partial charge < -0.3 is 10.1 Å². The van der Waals surface area contributed by atoms with Crippen molar-refractivity contribution in [3.63, 3.8) is 0 Å². The number of rotatable bonds is 2. The molecule has 0 aliphatic carbocycles. The van der Waals surface area contributed by atoms with E-state index in [4.69, 9.17) is 4.74 Å². The molecular weight excluding hydrogens is 341 g/mol. The van der Waals surface area contributed by atoms with Gasteiger partial charge in [0.2, 0.25) is 0 Å². The quantitative estimate of drug-likeness (QED) is 0.825. The minimum Gasteiger partial charge on any atom is -0.381 e. The van der Waals surface area contributed by atoms with Gasteiger partial charge in [-0.05, 0) is 53.5 Å². The Balaban J connectivity index is 2.09. The summed E-state index contributed by atoms with van der Waals surface area (Å²) in [5, 5.41) is 3.13. The summed E-state index contributed by atoms with van der Waals surface area (Å²) in [5.74, 6) is 0.409. The first-order valence-corrected chi connectivity index (χ1v) is 7.31. The SMILES string of the molecule is Cc1cccc(C(=O)NC2CCOCC2C)c1I. The van der Waals surface area contributed by atoms with Gasteiger partial charge in [0, 0.05) is 16.2 Å². The zero-order valence-electron chi connectivity index (χ0n) is 10.7. The van der Waals surface area contributed by atoms with Crippen LogP contribution in [-0.4, -0.2) is 25.2 Å². The lowest BCUT2D eigenvalue weighted by atomic mass is 9.97. The average molecular weight is 359 g/mol. The van der Waals surface area contributed by atoms with Crippen molar-refractivity contribution in [2.75, 3.05) is 13.2 Å². The molecule has 1 amide bonds. The zero-order valence-corrected chi connectivity index (χ0v) is 12.9. The standard InChI is InChI=1S/C14H18INO2/c1-9-4-3-5-11(13(9)15)14(17)16-12-6-7-18-8-10(12)2/h3-5,10,12H,6-8H2,1-2H3,(H,16,17). The maximum atomic E-state index is 12.3. The van der Waals surface area contributed by atoms with Crippen molar-refractivity contribution in [3.8, 4) is 0 Å². The Bertz CT molecular complexity index is 447. The highest BCUT2D eigenvalue weighted by Gasteiger charge is 2.24. The Morgan fingerprint density at radius 2 is 2.28 bits per heavy atom. The first kappa shape index (κ1) is 13.8. The van der Waals surface area contributed by atoms with E-state index in [-0.39, 0.29) is 11.9 Å². The Hall–Kier alpha value is -0.620. The van der Waals surface area contributed by atoms with Crippen molar-refractivity contribution < 1.29 is 9.53 Å². The fourth-order valence-corrected chi connectivity index (χ4v) is 2.77. The summed E-state index contributed by atoms with van der Waals surface area (Å²) in [7, 11) is 0. The molecule has 0 radical (unpaired) electrons. The second kappa shape index (κ2) is 6.02. The third-order valence-electron chi connectivity index (χ3n) is 3.39. The first-order chi connectivity index (χ1) is 8.59. The Morgan fingerprint density at radius 3 is 3.00 bits per heavy atom. The van der Waals surface area contributed by atoms with E-state index in [1.807, 2.05) is 25.1 Å². The number of halogens is 1. The van der Waals surface area contributed by atoms with Crippen molar-refractivity contribution in [2.45, 2.75) is 26.3 Å². The van der Waals surface area contributed by atoms with Gasteiger partial charge in [0.15, 0.2) is 0 Å². The lowest BCUT2D eigenvalue weighted by molar-refractivity contribution is 0.0375. The summed E-state index contributed by atoms with van der Waals surface area (Å²) in [6.45, 7) is 5.61. The largest absolute Gasteiger partial charge is 0.381 e. The third kappa shape index (κ3) is 3.03. The average Bonchev–Trinajstić information content (AvgIpc) is 2.35. The molecule has 0 saturated carbocycles. The summed E-state index contributed by atoms with van der Waals surface area (Å²) in [5.41, 5.74) is 1.91. The number of hydrogen-bond acceptors (Lipinski definition) is 2. The van der Waals surface area contributed by atoms with Crippen molar-refractivity contribution in [2.24, 2.45) is 5.92 Å². The fourth-order valence-electron chi connectivity index (χ4n) is 2.16. The lowest BCUT2D eigenvalue weighted by Gasteiger charge is -2.29. The number of amides is 1. The third-order valence-corrected chi connectivity index (χ3v) is 4.83. The van der Waals surface area contributed by atoms with E-state index in [1.54, 1.807) is 0 Å². The molecule has 1 fully saturated rings. The van der Waals surface area contributed by atoms with E-state index in [9.17, 15) is 4.79 Å². The molecule has 2 atom stereocenters. The van der Waals surface area contributed by atoms with Crippen molar-refractivity contribution in [3.05, 3.63) is 32.9 Å². The predicted octanol–water partition coefficient (Wildman–Crippen LogP) is 2.75. The van der Waals surface area contributed by atoms with Crippen LogP contribution in [0.4, 0.5) is 0 Å². The summed E-state index contributed by atoms with van der Waals surface area (Å²) in [4.78, 5) is 12.3. The molecule has 1 heterocycles. The Morgan fingerprint density at radius 1 is 1.50 bits per heavy atom. The highest BCUT2D eigenvalue weighted by atomic mass is 127. The molecule has 1 aromatic carbocycles. The van der Waals surface area contributed by atoms with Crippen LogP contribution in [0.5, 0.6) is 0 Å². The van der Waals surface area contributed by atoms with Crippen LogP contribution in [0.1, 0.15) is 29.3 Å². The molecule has 2 rings (SSSR count). The number of benzene rings is 1. The molecule has 98 valence electrons. The first-order valence-electron chi connectivity index (χ1n) is 6.23. The van der Waals surface area contributed by atoms with Crippen molar-refractivity contribution >= 4 is 28.5 Å². The van der Waals surface area contributed by atoms with E-state index in [2.05, 4.69) is 34.8 Å². The molecule has 1 aromatic rings. The molecule has 3 nitrogen and oxygen atoms in total. The Labute approximate surface area is 121 Å². The molecule has 0 bridgehead atoms. The lowest BCUT2D eigenvalue weighted by Crippen LogP contribution is -2.44. The highest BCUT2D eigenvalue weighted by Crippen LogP contribution is 2.19. The van der Waals surface area contributed by atoms with Gasteiger partial charge in [0.05, 0.1) is 12.2 Å². The highest BCUT2D eigenvalue weighted by molar-refractivity contribution is 14.1. The number of nitrogens with one attached hydrogen (secondary N) is 1. The summed E-state index contributed by atoms with van der Waals surface area (Å²) >= 11 is 2.23. The van der Waals surface area contributed by atoms with Gasteiger partial charge in [-0.1, -0.05) is 19.1 Å². The summed E-state index contributed by atoms with van der Waals surface area (Å²) in [6, 6.07) is 6.06. The van der Waals surface area contributed by atoms with Crippen LogP contribution >= 0.6 is 22.6 Å². The molecule has 1 aliphatic heterocycles. The minimum absolute atomic E-state index is 0.0295. The molecule has 4 heteroatoms. The number of aryl methyl sites for hydroxylation is 1. The molecule has 2 unspecified atom stereocenters. The number of ether oxygens (including phenoxy) is 1. The van der Waals surface area contributed by atoms with Crippen LogP contribution in [0.3, 0.4) is 0 Å². The van der Waals surface area contributed by atoms with Crippen LogP contribution in [0, 0.1) is 16.4 Å². The van der Waals surface area contributed by atoms with Gasteiger partial charge in [0.25, 0.3) is 5.91 Å². The molecule has 1 N–H and O–H groups in total. The fraction of sp³-hybridized carbons (Fsp3) is 0.500. The monoisotopic (exact) mass is 359 g/mol. The minimum atomic E-state index is 0.0295. The number of carbonyl (C=O) groups is 1. The van der Waals surface area contributed by atoms with Gasteiger partial charge in [-0.2, -0.15) is 0 Å². The summed E-state index contributed by atoms with van der Waals surface area (Å²) in [6.07, 6.45) is 0.898. The molecule has 1 aliphatic rings. The maximum absolute atomic E-state index is 12.3. The molecule has 1 saturated heterocycles. The van der Waals surface area contributed by atoms with E-state index in [0.717, 1.165) is 34.3 Å². The van der Waals surface area contributed by atoms with Crippen molar-refractivity contribution in [1.29, 1.82) is 0 Å². The van der Waals surface area contributed by atoms with Gasteiger partial charge >= 0.3 is 0 Å². The second-order valence-corrected chi connectivity index (χ2v) is 5.94. The smallest absolute Gasteiger partial charge is 0.252 e. The maximum Gasteiger partial charge on any atom is 0.252 e. The van der Waals surface area contributed by atoms with Crippen LogP contribution < -0.4 is 5.32 Å². The molecule has 0 spiro atoms. The predicted molar refractivity (Wildman–Crippen MR) is 79.8 cm³/mol. The van der Waals surface area contributed by atoms with Gasteiger partial charge in [0.1, 0.15) is 0 Å². The second-order valence-electron chi connectivity index (χ2n) is 4.86. The van der Waals surface area contributed by atoms with Crippen LogP contribution in [0.2, 0.25) is 0 Å². The molecular formula is C14H18INO2. The topological polar surface area (TPSA) is 38.3 Å². The Kier molecular flexibility index (Phi) is 4.61.